The molecule has 26 heavy (non-hydrogen) atoms. The molecule has 0 aromatic carbocycles. The van der Waals surface area contributed by atoms with E-state index in [9.17, 15) is 13.2 Å². The number of nitrogens with zero attached hydrogens (tertiary/aromatic N) is 4. The van der Waals surface area contributed by atoms with Crippen LogP contribution in [0.25, 0.3) is 11.6 Å². The van der Waals surface area contributed by atoms with E-state index in [0.717, 1.165) is 28.5 Å². The molecule has 4 aromatic rings. The minimum absolute atomic E-state index is 0.219. The van der Waals surface area contributed by atoms with E-state index in [0.29, 0.717) is 29.0 Å². The van der Waals surface area contributed by atoms with E-state index in [4.69, 9.17) is 8.83 Å². The Kier molecular flexibility index (Phi) is 4.32. The van der Waals surface area contributed by atoms with Gasteiger partial charge in [0.15, 0.2) is 21.0 Å². The van der Waals surface area contributed by atoms with Gasteiger partial charge in [-0.2, -0.15) is 13.2 Å². The fraction of sp³-hybridized carbons (Fsp3) is 0.133. The van der Waals surface area contributed by atoms with E-state index in [1.54, 1.807) is 28.8 Å². The highest BCUT2D eigenvalue weighted by Crippen LogP contribution is 2.36. The van der Waals surface area contributed by atoms with Crippen molar-refractivity contribution in [3.63, 3.8) is 0 Å². The topological polar surface area (TPSA) is 69.9 Å². The normalized spacial score (nSPS) is 12.0. The minimum atomic E-state index is -4.48. The molecular formula is C15H9F3N4O2S2. The van der Waals surface area contributed by atoms with Gasteiger partial charge in [0, 0.05) is 5.38 Å². The molecule has 0 radical (unpaired) electrons. The summed E-state index contributed by atoms with van der Waals surface area (Å²) in [5.74, 6) is 1.59. The highest BCUT2D eigenvalue weighted by atomic mass is 32.2. The van der Waals surface area contributed by atoms with Gasteiger partial charge < -0.3 is 8.83 Å². The molecule has 0 saturated carbocycles. The lowest BCUT2D eigenvalue weighted by molar-refractivity contribution is -0.141. The van der Waals surface area contributed by atoms with Gasteiger partial charge in [-0.3, -0.25) is 4.57 Å². The molecule has 4 aromatic heterocycles. The van der Waals surface area contributed by atoms with Crippen LogP contribution < -0.4 is 0 Å². The number of halogens is 3. The number of rotatable bonds is 5. The molecule has 4 rings (SSSR count). The van der Waals surface area contributed by atoms with Crippen LogP contribution in [-0.4, -0.2) is 19.7 Å². The van der Waals surface area contributed by atoms with Crippen molar-refractivity contribution in [2.24, 2.45) is 0 Å². The van der Waals surface area contributed by atoms with Crippen LogP contribution in [0.1, 0.15) is 11.5 Å². The zero-order valence-electron chi connectivity index (χ0n) is 12.8. The average Bonchev–Trinajstić information content (AvgIpc) is 3.35. The lowest BCUT2D eigenvalue weighted by Gasteiger charge is -2.06. The summed E-state index contributed by atoms with van der Waals surface area (Å²) < 4.78 is 50.9. The molecule has 0 saturated heterocycles. The van der Waals surface area contributed by atoms with Crippen LogP contribution in [0.3, 0.4) is 0 Å². The molecular weight excluding hydrogens is 389 g/mol. The van der Waals surface area contributed by atoms with Crippen molar-refractivity contribution in [1.29, 1.82) is 0 Å². The molecule has 0 bridgehead atoms. The van der Waals surface area contributed by atoms with Crippen LogP contribution in [0.15, 0.2) is 60.5 Å². The second-order valence-electron chi connectivity index (χ2n) is 5.05. The lowest BCUT2D eigenvalue weighted by atomic mass is 10.4. The van der Waals surface area contributed by atoms with Gasteiger partial charge in [-0.15, -0.1) is 21.5 Å². The Morgan fingerprint density at radius 3 is 2.58 bits per heavy atom. The number of thiazole rings is 1. The summed E-state index contributed by atoms with van der Waals surface area (Å²) in [5, 5.41) is 9.54. The van der Waals surface area contributed by atoms with Crippen molar-refractivity contribution >= 4 is 23.1 Å². The van der Waals surface area contributed by atoms with E-state index >= 15 is 0 Å². The van der Waals surface area contributed by atoms with Gasteiger partial charge in [0.25, 0.3) is 0 Å². The highest BCUT2D eigenvalue weighted by Gasteiger charge is 2.34. The summed E-state index contributed by atoms with van der Waals surface area (Å²) in [5.41, 5.74) is -0.923. The van der Waals surface area contributed by atoms with Crippen LogP contribution in [0.5, 0.6) is 0 Å². The van der Waals surface area contributed by atoms with Crippen LogP contribution in [-0.2, 0) is 12.7 Å². The molecule has 0 N–H and O–H groups in total. The molecule has 0 unspecified atom stereocenters. The summed E-state index contributed by atoms with van der Waals surface area (Å²) in [6, 6.07) is 6.97. The van der Waals surface area contributed by atoms with E-state index in [2.05, 4.69) is 15.2 Å². The summed E-state index contributed by atoms with van der Waals surface area (Å²) >= 11 is 1.90. The third-order valence-corrected chi connectivity index (χ3v) is 5.23. The van der Waals surface area contributed by atoms with Crippen LogP contribution in [0, 0.1) is 0 Å². The van der Waals surface area contributed by atoms with E-state index in [1.807, 2.05) is 0 Å². The maximum absolute atomic E-state index is 12.7. The first-order chi connectivity index (χ1) is 12.5. The van der Waals surface area contributed by atoms with Crippen molar-refractivity contribution in [3.05, 3.63) is 53.6 Å². The van der Waals surface area contributed by atoms with Gasteiger partial charge in [0.2, 0.25) is 5.82 Å². The largest absolute Gasteiger partial charge is 0.467 e. The first-order valence-electron chi connectivity index (χ1n) is 7.21. The van der Waals surface area contributed by atoms with Gasteiger partial charge in [0.05, 0.1) is 19.1 Å². The Morgan fingerprint density at radius 1 is 1.12 bits per heavy atom. The van der Waals surface area contributed by atoms with Gasteiger partial charge in [0.1, 0.15) is 5.76 Å². The van der Waals surface area contributed by atoms with E-state index < -0.39 is 11.9 Å². The smallest absolute Gasteiger partial charge is 0.434 e. The fourth-order valence-electron chi connectivity index (χ4n) is 2.17. The third kappa shape index (κ3) is 3.40. The number of aromatic nitrogens is 4. The molecule has 0 spiro atoms. The van der Waals surface area contributed by atoms with Crippen molar-refractivity contribution in [3.8, 4) is 11.6 Å². The molecule has 0 aliphatic carbocycles. The lowest BCUT2D eigenvalue weighted by Crippen LogP contribution is -2.05. The SMILES string of the molecule is FC(F)(F)c1csc(Sc2nnc(-c3ccco3)n2Cc2ccco2)n1. The standard InChI is InChI=1S/C15H9F3N4O2S2/c16-15(17,18)11-8-25-14(19-11)26-13-21-20-12(10-4-2-6-24-10)22(13)7-9-3-1-5-23-9/h1-6,8H,7H2. The second-order valence-corrected chi connectivity index (χ2v) is 7.12. The Balaban J connectivity index is 1.68. The Labute approximate surface area is 152 Å². The summed E-state index contributed by atoms with van der Waals surface area (Å²) in [4.78, 5) is 3.62. The highest BCUT2D eigenvalue weighted by molar-refractivity contribution is 8.00. The molecule has 4 heterocycles. The predicted molar refractivity (Wildman–Crippen MR) is 86.8 cm³/mol. The zero-order valence-corrected chi connectivity index (χ0v) is 14.4. The van der Waals surface area contributed by atoms with Crippen LogP contribution in [0.2, 0.25) is 0 Å². The Hall–Kier alpha value is -2.53. The first kappa shape index (κ1) is 16.9. The number of hydrogen-bond acceptors (Lipinski definition) is 7. The van der Waals surface area contributed by atoms with Crippen molar-refractivity contribution in [2.45, 2.75) is 22.2 Å². The molecule has 11 heteroatoms. The Bertz CT molecular complexity index is 991. The predicted octanol–water partition coefficient (Wildman–Crippen LogP) is 4.81. The Morgan fingerprint density at radius 2 is 1.92 bits per heavy atom. The van der Waals surface area contributed by atoms with Gasteiger partial charge >= 0.3 is 6.18 Å². The first-order valence-corrected chi connectivity index (χ1v) is 8.90. The van der Waals surface area contributed by atoms with Crippen molar-refractivity contribution in [1.82, 2.24) is 19.7 Å². The quantitative estimate of drug-likeness (QED) is 0.481. The monoisotopic (exact) mass is 398 g/mol. The molecule has 0 amide bonds. The van der Waals surface area contributed by atoms with E-state index in [1.165, 1.54) is 12.5 Å². The molecule has 6 nitrogen and oxygen atoms in total. The van der Waals surface area contributed by atoms with Gasteiger partial charge in [-0.25, -0.2) is 4.98 Å². The average molecular weight is 398 g/mol. The third-order valence-electron chi connectivity index (χ3n) is 3.30. The molecule has 134 valence electrons. The summed E-state index contributed by atoms with van der Waals surface area (Å²) in [7, 11) is 0. The maximum Gasteiger partial charge on any atom is 0.434 e. The summed E-state index contributed by atoms with van der Waals surface area (Å²) in [6.07, 6.45) is -1.43. The maximum atomic E-state index is 12.7. The van der Waals surface area contributed by atoms with Crippen LogP contribution in [0.4, 0.5) is 13.2 Å². The van der Waals surface area contributed by atoms with Crippen LogP contribution >= 0.6 is 23.1 Å². The second kappa shape index (κ2) is 6.65. The number of alkyl halides is 3. The summed E-state index contributed by atoms with van der Waals surface area (Å²) in [6.45, 7) is 0.301. The molecule has 0 fully saturated rings. The van der Waals surface area contributed by atoms with E-state index in [-0.39, 0.29) is 4.34 Å². The van der Waals surface area contributed by atoms with Crippen molar-refractivity contribution < 1.29 is 22.0 Å². The minimum Gasteiger partial charge on any atom is -0.467 e. The fourth-order valence-corrected chi connectivity index (χ4v) is 3.92. The molecule has 0 aliphatic rings. The molecule has 0 atom stereocenters. The van der Waals surface area contributed by atoms with Crippen molar-refractivity contribution in [2.75, 3.05) is 0 Å². The number of furan rings is 2. The zero-order chi connectivity index (χ0) is 18.1. The molecule has 0 aliphatic heterocycles. The number of hydrogen-bond donors (Lipinski definition) is 0. The van der Waals surface area contributed by atoms with Gasteiger partial charge in [-0.1, -0.05) is 0 Å². The van der Waals surface area contributed by atoms with Gasteiger partial charge in [-0.05, 0) is 36.0 Å².